The van der Waals surface area contributed by atoms with Gasteiger partial charge < -0.3 is 9.47 Å². The predicted molar refractivity (Wildman–Crippen MR) is 80.3 cm³/mol. The maximum atomic E-state index is 5.68. The summed E-state index contributed by atoms with van der Waals surface area (Å²) in [5.41, 5.74) is 2.41. The number of hydrogen-bond donors (Lipinski definition) is 0. The molecule has 0 aliphatic heterocycles. The molecule has 0 aliphatic carbocycles. The van der Waals surface area contributed by atoms with Crippen LogP contribution in [0.4, 0.5) is 0 Å². The van der Waals surface area contributed by atoms with E-state index in [0.29, 0.717) is 12.5 Å². The van der Waals surface area contributed by atoms with Gasteiger partial charge in [-0.15, -0.1) is 0 Å². The van der Waals surface area contributed by atoms with Gasteiger partial charge in [0.25, 0.3) is 0 Å². The first-order valence-corrected chi connectivity index (χ1v) is 6.71. The highest BCUT2D eigenvalue weighted by Crippen LogP contribution is 2.22. The van der Waals surface area contributed by atoms with Gasteiger partial charge in [-0.05, 0) is 28.7 Å². The molecule has 20 heavy (non-hydrogen) atoms. The molecule has 0 saturated carbocycles. The van der Waals surface area contributed by atoms with Gasteiger partial charge in [-0.1, -0.05) is 39.0 Å². The van der Waals surface area contributed by atoms with Crippen molar-refractivity contribution in [3.63, 3.8) is 0 Å². The van der Waals surface area contributed by atoms with Crippen molar-refractivity contribution in [2.45, 2.75) is 32.8 Å². The number of ether oxygens (including phenoxy) is 2. The minimum Gasteiger partial charge on any atom is -0.497 e. The first-order valence-electron chi connectivity index (χ1n) is 6.71. The van der Waals surface area contributed by atoms with Crippen LogP contribution in [0.15, 0.2) is 42.6 Å². The van der Waals surface area contributed by atoms with Crippen LogP contribution in [0.3, 0.4) is 0 Å². The average Bonchev–Trinajstić information content (AvgIpc) is 2.45. The summed E-state index contributed by atoms with van der Waals surface area (Å²) in [5, 5.41) is 0. The number of benzene rings is 1. The van der Waals surface area contributed by atoms with E-state index >= 15 is 0 Å². The molecule has 3 nitrogen and oxygen atoms in total. The lowest BCUT2D eigenvalue weighted by atomic mass is 9.88. The molecule has 0 N–H and O–H groups in total. The number of aromatic nitrogens is 1. The molecule has 1 aromatic carbocycles. The highest BCUT2D eigenvalue weighted by molar-refractivity contribution is 5.27. The topological polar surface area (TPSA) is 31.4 Å². The second-order valence-corrected chi connectivity index (χ2v) is 5.77. The van der Waals surface area contributed by atoms with Gasteiger partial charge in [-0.2, -0.15) is 0 Å². The molecule has 1 heterocycles. The van der Waals surface area contributed by atoms with Crippen molar-refractivity contribution in [1.82, 2.24) is 4.98 Å². The Hall–Kier alpha value is -2.03. The van der Waals surface area contributed by atoms with Crippen molar-refractivity contribution >= 4 is 0 Å². The van der Waals surface area contributed by atoms with Gasteiger partial charge >= 0.3 is 0 Å². The number of hydrogen-bond acceptors (Lipinski definition) is 3. The van der Waals surface area contributed by atoms with E-state index in [9.17, 15) is 0 Å². The van der Waals surface area contributed by atoms with E-state index in [0.717, 1.165) is 11.3 Å². The standard InChI is InChI=1S/C17H21NO2/c1-17(2,3)14-7-10-16(18-11-14)20-12-13-5-8-15(19-4)9-6-13/h5-11H,12H2,1-4H3. The molecular weight excluding hydrogens is 250 g/mol. The van der Waals surface area contributed by atoms with Gasteiger partial charge in [-0.3, -0.25) is 0 Å². The highest BCUT2D eigenvalue weighted by Gasteiger charge is 2.13. The lowest BCUT2D eigenvalue weighted by Gasteiger charge is -2.18. The molecule has 0 amide bonds. The summed E-state index contributed by atoms with van der Waals surface area (Å²) in [4.78, 5) is 4.35. The van der Waals surface area contributed by atoms with E-state index in [1.54, 1.807) is 7.11 Å². The number of rotatable bonds is 4. The van der Waals surface area contributed by atoms with Crippen molar-refractivity contribution in [2.24, 2.45) is 0 Å². The van der Waals surface area contributed by atoms with Crippen molar-refractivity contribution in [3.05, 3.63) is 53.7 Å². The van der Waals surface area contributed by atoms with E-state index in [1.165, 1.54) is 5.56 Å². The summed E-state index contributed by atoms with van der Waals surface area (Å²) in [5.74, 6) is 1.50. The summed E-state index contributed by atoms with van der Waals surface area (Å²) >= 11 is 0. The second kappa shape index (κ2) is 5.95. The van der Waals surface area contributed by atoms with Crippen LogP contribution in [0.1, 0.15) is 31.9 Å². The zero-order valence-electron chi connectivity index (χ0n) is 12.5. The first kappa shape index (κ1) is 14.4. The maximum absolute atomic E-state index is 5.68. The highest BCUT2D eigenvalue weighted by atomic mass is 16.5. The van der Waals surface area contributed by atoms with Gasteiger partial charge in [-0.25, -0.2) is 4.98 Å². The molecular formula is C17H21NO2. The zero-order valence-corrected chi connectivity index (χ0v) is 12.5. The third kappa shape index (κ3) is 3.73. The Labute approximate surface area is 120 Å². The Morgan fingerprint density at radius 1 is 1.00 bits per heavy atom. The fraction of sp³-hybridized carbons (Fsp3) is 0.353. The molecule has 0 bridgehead atoms. The van der Waals surface area contributed by atoms with Gasteiger partial charge in [0, 0.05) is 12.3 Å². The van der Waals surface area contributed by atoms with Crippen molar-refractivity contribution < 1.29 is 9.47 Å². The zero-order chi connectivity index (χ0) is 14.6. The summed E-state index contributed by atoms with van der Waals surface area (Å²) in [7, 11) is 1.66. The van der Waals surface area contributed by atoms with E-state index in [1.807, 2.05) is 36.5 Å². The van der Waals surface area contributed by atoms with Crippen LogP contribution in [0.25, 0.3) is 0 Å². The lowest BCUT2D eigenvalue weighted by Crippen LogP contribution is -2.11. The molecule has 2 rings (SSSR count). The molecule has 0 radical (unpaired) electrons. The molecule has 3 heteroatoms. The van der Waals surface area contributed by atoms with E-state index in [4.69, 9.17) is 9.47 Å². The smallest absolute Gasteiger partial charge is 0.213 e. The van der Waals surface area contributed by atoms with Crippen LogP contribution < -0.4 is 9.47 Å². The van der Waals surface area contributed by atoms with Crippen LogP contribution in [0, 0.1) is 0 Å². The van der Waals surface area contributed by atoms with Crippen LogP contribution in [-0.4, -0.2) is 12.1 Å². The second-order valence-electron chi connectivity index (χ2n) is 5.77. The third-order valence-electron chi connectivity index (χ3n) is 3.15. The van der Waals surface area contributed by atoms with E-state index in [-0.39, 0.29) is 5.41 Å². The molecule has 106 valence electrons. The van der Waals surface area contributed by atoms with E-state index < -0.39 is 0 Å². The lowest BCUT2D eigenvalue weighted by molar-refractivity contribution is 0.293. The predicted octanol–water partition coefficient (Wildman–Crippen LogP) is 3.97. The number of methoxy groups -OCH3 is 1. The average molecular weight is 271 g/mol. The SMILES string of the molecule is COc1ccc(COc2ccc(C(C)(C)C)cn2)cc1. The van der Waals surface area contributed by atoms with Crippen molar-refractivity contribution in [3.8, 4) is 11.6 Å². The van der Waals surface area contributed by atoms with Gasteiger partial charge in [0.05, 0.1) is 7.11 Å². The minimum absolute atomic E-state index is 0.113. The summed E-state index contributed by atoms with van der Waals surface area (Å²) in [6.07, 6.45) is 1.88. The summed E-state index contributed by atoms with van der Waals surface area (Å²) < 4.78 is 10.8. The first-order chi connectivity index (χ1) is 9.49. The normalized spacial score (nSPS) is 11.2. The molecule has 0 atom stereocenters. The fourth-order valence-corrected chi connectivity index (χ4v) is 1.79. The van der Waals surface area contributed by atoms with Crippen LogP contribution in [0.5, 0.6) is 11.6 Å². The molecule has 0 aliphatic rings. The Bertz CT molecular complexity index is 539. The molecule has 0 fully saturated rings. The summed E-state index contributed by atoms with van der Waals surface area (Å²) in [6, 6.07) is 11.8. The van der Waals surface area contributed by atoms with Crippen LogP contribution >= 0.6 is 0 Å². The molecule has 1 aromatic heterocycles. The monoisotopic (exact) mass is 271 g/mol. The molecule has 0 saturated heterocycles. The Morgan fingerprint density at radius 3 is 2.20 bits per heavy atom. The van der Waals surface area contributed by atoms with Crippen molar-refractivity contribution in [1.29, 1.82) is 0 Å². The Balaban J connectivity index is 1.96. The Kier molecular flexibility index (Phi) is 4.28. The Morgan fingerprint density at radius 2 is 1.70 bits per heavy atom. The molecule has 0 spiro atoms. The minimum atomic E-state index is 0.113. The summed E-state index contributed by atoms with van der Waals surface area (Å²) in [6.45, 7) is 7.01. The third-order valence-corrected chi connectivity index (χ3v) is 3.15. The molecule has 2 aromatic rings. The number of pyridine rings is 1. The quantitative estimate of drug-likeness (QED) is 0.843. The van der Waals surface area contributed by atoms with Gasteiger partial charge in [0.1, 0.15) is 12.4 Å². The van der Waals surface area contributed by atoms with Gasteiger partial charge in [0.15, 0.2) is 0 Å². The van der Waals surface area contributed by atoms with Crippen LogP contribution in [0.2, 0.25) is 0 Å². The number of nitrogens with zero attached hydrogens (tertiary/aromatic N) is 1. The fourth-order valence-electron chi connectivity index (χ4n) is 1.79. The van der Waals surface area contributed by atoms with Crippen LogP contribution in [-0.2, 0) is 12.0 Å². The van der Waals surface area contributed by atoms with Crippen molar-refractivity contribution in [2.75, 3.05) is 7.11 Å². The largest absolute Gasteiger partial charge is 0.497 e. The van der Waals surface area contributed by atoms with E-state index in [2.05, 4.69) is 31.8 Å². The maximum Gasteiger partial charge on any atom is 0.213 e. The molecule has 0 unspecified atom stereocenters. The van der Waals surface area contributed by atoms with Gasteiger partial charge in [0.2, 0.25) is 5.88 Å².